The van der Waals surface area contributed by atoms with E-state index < -0.39 is 19.2 Å². The molecule has 1 unspecified atom stereocenters. The number of nitro groups is 1. The second kappa shape index (κ2) is 39.8. The highest BCUT2D eigenvalue weighted by molar-refractivity contribution is 7.51. The third-order valence-electron chi connectivity index (χ3n) is 10.7. The van der Waals surface area contributed by atoms with E-state index in [-0.39, 0.29) is 19.0 Å². The van der Waals surface area contributed by atoms with Crippen molar-refractivity contribution in [1.29, 1.82) is 0 Å². The molecule has 1 aromatic rings. The second-order valence-electron chi connectivity index (χ2n) is 16.2. The van der Waals surface area contributed by atoms with Crippen LogP contribution >= 0.6 is 8.17 Å². The maximum Gasteiger partial charge on any atom is 0.247 e. The van der Waals surface area contributed by atoms with Crippen LogP contribution in [0.15, 0.2) is 30.5 Å². The first kappa shape index (κ1) is 53.4. The van der Waals surface area contributed by atoms with Crippen LogP contribution < -0.4 is 14.3 Å². The van der Waals surface area contributed by atoms with Crippen LogP contribution in [-0.4, -0.2) is 37.5 Å². The number of rotatable bonds is 44. The van der Waals surface area contributed by atoms with Crippen molar-refractivity contribution in [2.24, 2.45) is 0 Å². The molecule has 0 saturated heterocycles. The zero-order valence-corrected chi connectivity index (χ0v) is 37.6. The second-order valence-corrected chi connectivity index (χ2v) is 17.5. The van der Waals surface area contributed by atoms with Crippen molar-refractivity contribution in [3.63, 3.8) is 0 Å². The van der Waals surface area contributed by atoms with Gasteiger partial charge in [-0.05, 0) is 30.5 Å². The molecule has 1 atom stereocenters. The van der Waals surface area contributed by atoms with Gasteiger partial charge in [0, 0.05) is 19.3 Å². The number of hydrogen-bond acceptors (Lipinski definition) is 8. The van der Waals surface area contributed by atoms with Gasteiger partial charge < -0.3 is 23.8 Å². The average molecular weight is 823 g/mol. The van der Waals surface area contributed by atoms with Gasteiger partial charge in [0.1, 0.15) is 12.7 Å². The molecule has 1 aromatic carbocycles. The van der Waals surface area contributed by atoms with E-state index in [1.54, 1.807) is 0 Å². The van der Waals surface area contributed by atoms with E-state index in [0.29, 0.717) is 18.8 Å². The number of phosphoric ester groups is 1. The molecule has 0 spiro atoms. The molecular formula is C47H85NO8P-. The van der Waals surface area contributed by atoms with Crippen LogP contribution in [0.3, 0.4) is 0 Å². The summed E-state index contributed by atoms with van der Waals surface area (Å²) in [7, 11) is -4.68. The quantitative estimate of drug-likeness (QED) is 0.0276. The lowest BCUT2D eigenvalue weighted by molar-refractivity contribution is -0.400. The lowest BCUT2D eigenvalue weighted by atomic mass is 10.0. The SMILES string of the molecule is CCCCCCCCCCCCCCCCCCOCC(CO[P+]([O-])([O-])Oc1ccc(/C=C/[N+](=O)[O-])cc1)OCCCCCCCCCCCCCCCCCC. The van der Waals surface area contributed by atoms with Crippen LogP contribution in [0.4, 0.5) is 0 Å². The number of ether oxygens (including phenoxy) is 2. The fourth-order valence-electron chi connectivity index (χ4n) is 7.13. The van der Waals surface area contributed by atoms with E-state index >= 15 is 0 Å². The Hall–Kier alpha value is -1.61. The molecule has 0 aliphatic heterocycles. The van der Waals surface area contributed by atoms with E-state index in [9.17, 15) is 19.9 Å². The Kier molecular flexibility index (Phi) is 37.3. The van der Waals surface area contributed by atoms with E-state index in [4.69, 9.17) is 18.5 Å². The maximum absolute atomic E-state index is 12.7. The Labute approximate surface area is 350 Å². The van der Waals surface area contributed by atoms with Gasteiger partial charge in [0.25, 0.3) is 0 Å². The van der Waals surface area contributed by atoms with Crippen molar-refractivity contribution in [2.45, 2.75) is 225 Å². The van der Waals surface area contributed by atoms with Crippen molar-refractivity contribution in [2.75, 3.05) is 26.4 Å². The number of unbranched alkanes of at least 4 members (excludes halogenated alkanes) is 30. The van der Waals surface area contributed by atoms with Crippen LogP contribution in [0.1, 0.15) is 225 Å². The fourth-order valence-corrected chi connectivity index (χ4v) is 7.91. The third-order valence-corrected chi connectivity index (χ3v) is 11.6. The molecule has 332 valence electrons. The van der Waals surface area contributed by atoms with Crippen LogP contribution in [-0.2, 0) is 14.0 Å². The van der Waals surface area contributed by atoms with Crippen LogP contribution in [0.25, 0.3) is 6.08 Å². The Balaban J connectivity index is 2.27. The van der Waals surface area contributed by atoms with E-state index in [1.807, 2.05) is 0 Å². The molecule has 0 amide bonds. The number of nitrogens with zero attached hydrogens (tertiary/aromatic N) is 1. The van der Waals surface area contributed by atoms with Crippen LogP contribution in [0, 0.1) is 10.1 Å². The van der Waals surface area contributed by atoms with Crippen LogP contribution in [0.5, 0.6) is 5.75 Å². The standard InChI is InChI=1S/C47H86NO8P/c1-3-5-7-9-11-13-15-17-19-21-23-25-27-29-31-33-41-53-43-47(44-55-57(51,52)56-46-37-35-45(36-38-46)39-40-48(49)50)54-42-34-32-30-28-26-24-22-20-18-16-14-12-10-8-6-4-2/h35-40,47H,3-34,41-44H2,1-2H3,(H,51,52)/p-1/b40-39+. The molecule has 10 heteroatoms. The first-order valence-corrected chi connectivity index (χ1v) is 25.1. The summed E-state index contributed by atoms with van der Waals surface area (Å²) < 4.78 is 22.4. The summed E-state index contributed by atoms with van der Waals surface area (Å²) in [6.07, 6.45) is 43.6. The highest BCUT2D eigenvalue weighted by atomic mass is 31.2. The Morgan fingerprint density at radius 3 is 1.30 bits per heavy atom. The van der Waals surface area contributed by atoms with E-state index in [1.165, 1.54) is 210 Å². The molecular weight excluding hydrogens is 737 g/mol. The highest BCUT2D eigenvalue weighted by Gasteiger charge is 2.22. The van der Waals surface area contributed by atoms with E-state index in [2.05, 4.69) is 13.8 Å². The van der Waals surface area contributed by atoms with Gasteiger partial charge in [-0.25, -0.2) is 4.52 Å². The van der Waals surface area contributed by atoms with Crippen molar-refractivity contribution in [3.05, 3.63) is 46.1 Å². The molecule has 0 bridgehead atoms. The van der Waals surface area contributed by atoms with Gasteiger partial charge in [-0.1, -0.05) is 219 Å². The average Bonchev–Trinajstić information content (AvgIpc) is 3.19. The minimum atomic E-state index is -4.68. The smallest absolute Gasteiger partial charge is 0.247 e. The first-order valence-electron chi connectivity index (χ1n) is 23.6. The van der Waals surface area contributed by atoms with Gasteiger partial charge in [-0.2, -0.15) is 0 Å². The van der Waals surface area contributed by atoms with Gasteiger partial charge in [-0.3, -0.25) is 10.1 Å². The summed E-state index contributed by atoms with van der Waals surface area (Å²) >= 11 is 0. The number of hydrogen-bond donors (Lipinski definition) is 0. The van der Waals surface area contributed by atoms with Gasteiger partial charge in [-0.15, -0.1) is 0 Å². The number of benzene rings is 1. The molecule has 0 aromatic heterocycles. The maximum atomic E-state index is 12.7. The molecule has 9 nitrogen and oxygen atoms in total. The number of phosphoric acid groups is 1. The fraction of sp³-hybridized carbons (Fsp3) is 0.830. The largest absolute Gasteiger partial charge is 0.627 e. The minimum absolute atomic E-state index is 0.0666. The third kappa shape index (κ3) is 37.2. The topological polar surface area (TPSA) is 126 Å². The Morgan fingerprint density at radius 2 is 0.912 bits per heavy atom. The monoisotopic (exact) mass is 823 g/mol. The van der Waals surface area contributed by atoms with Crippen molar-refractivity contribution in [3.8, 4) is 5.75 Å². The molecule has 0 aliphatic rings. The predicted octanol–water partition coefficient (Wildman–Crippen LogP) is 13.7. The van der Waals surface area contributed by atoms with Gasteiger partial charge in [0.05, 0.1) is 11.5 Å². The molecule has 0 heterocycles. The first-order chi connectivity index (χ1) is 27.9. The summed E-state index contributed by atoms with van der Waals surface area (Å²) in [5.41, 5.74) is 0.546. The zero-order valence-electron chi connectivity index (χ0n) is 36.7. The summed E-state index contributed by atoms with van der Waals surface area (Å²) in [6.45, 7) is 5.75. The zero-order chi connectivity index (χ0) is 41.3. The Bertz CT molecular complexity index is 1040. The molecule has 0 radical (unpaired) electrons. The van der Waals surface area contributed by atoms with Crippen LogP contribution in [0.2, 0.25) is 0 Å². The lowest BCUT2D eigenvalue weighted by Crippen LogP contribution is -2.34. The Morgan fingerprint density at radius 1 is 0.544 bits per heavy atom. The highest BCUT2D eigenvalue weighted by Crippen LogP contribution is 2.43. The van der Waals surface area contributed by atoms with E-state index in [0.717, 1.165) is 31.9 Å². The molecule has 0 N–H and O–H groups in total. The lowest BCUT2D eigenvalue weighted by Gasteiger charge is -2.32. The summed E-state index contributed by atoms with van der Waals surface area (Å²) in [5.74, 6) is 0.0666. The molecule has 0 saturated carbocycles. The molecule has 1 rings (SSSR count). The van der Waals surface area contributed by atoms with Crippen molar-refractivity contribution in [1.82, 2.24) is 0 Å². The molecule has 57 heavy (non-hydrogen) atoms. The van der Waals surface area contributed by atoms with Crippen molar-refractivity contribution < 1.29 is 33.2 Å². The van der Waals surface area contributed by atoms with Gasteiger partial charge >= 0.3 is 0 Å². The summed E-state index contributed by atoms with van der Waals surface area (Å²) in [5, 5.41) is 10.6. The summed E-state index contributed by atoms with van der Waals surface area (Å²) in [6, 6.07) is 5.93. The molecule has 0 fully saturated rings. The van der Waals surface area contributed by atoms with Gasteiger partial charge in [0.15, 0.2) is 5.75 Å². The molecule has 0 aliphatic carbocycles. The van der Waals surface area contributed by atoms with Crippen molar-refractivity contribution >= 4 is 14.2 Å². The van der Waals surface area contributed by atoms with Gasteiger partial charge in [0.2, 0.25) is 14.4 Å². The summed E-state index contributed by atoms with van der Waals surface area (Å²) in [4.78, 5) is 35.3. The predicted molar refractivity (Wildman–Crippen MR) is 236 cm³/mol. The minimum Gasteiger partial charge on any atom is -0.627 e. The normalized spacial score (nSPS) is 12.5.